The number of hydrogen-bond donors (Lipinski definition) is 0. The van der Waals surface area contributed by atoms with Gasteiger partial charge in [0.15, 0.2) is 0 Å². The molecule has 0 spiro atoms. The van der Waals surface area contributed by atoms with Crippen molar-refractivity contribution in [2.24, 2.45) is 0 Å². The summed E-state index contributed by atoms with van der Waals surface area (Å²) in [5.41, 5.74) is 0. The standard InChI is InChI=1S/C41H43O3P3/c1-45(42,43-34-46(2,36-22-10-4-11-23-36,37-24-12-5-13-25-37)38-26-14-6-15-27-38)44-35-47(3,39-28-16-7-17-29-39,40-30-18-8-19-31-40)41-32-20-9-21-33-41/h4-33H,34-35H2,1-3H3. The first-order valence-corrected chi connectivity index (χ1v) is 23.6. The third-order valence-electron chi connectivity index (χ3n) is 9.96. The van der Waals surface area contributed by atoms with Crippen molar-refractivity contribution in [2.75, 3.05) is 32.7 Å². The predicted octanol–water partition coefficient (Wildman–Crippen LogP) is 8.08. The van der Waals surface area contributed by atoms with Crippen molar-refractivity contribution in [1.29, 1.82) is 0 Å². The zero-order valence-electron chi connectivity index (χ0n) is 27.3. The molecule has 0 aromatic heterocycles. The topological polar surface area (TPSA) is 35.5 Å². The number of rotatable bonds is 12. The summed E-state index contributed by atoms with van der Waals surface area (Å²) in [6.07, 6.45) is 0.470. The molecule has 0 fully saturated rings. The van der Waals surface area contributed by atoms with Gasteiger partial charge >= 0.3 is 281 Å². The van der Waals surface area contributed by atoms with E-state index in [9.17, 15) is 4.57 Å². The molecule has 0 heterocycles. The molecule has 0 N–H and O–H groups in total. The van der Waals surface area contributed by atoms with Gasteiger partial charge in [-0.15, -0.1) is 0 Å². The molecule has 0 radical (unpaired) electrons. The van der Waals surface area contributed by atoms with Crippen LogP contribution in [0.15, 0.2) is 182 Å². The molecule has 6 aromatic carbocycles. The Hall–Kier alpha value is -3.67. The fourth-order valence-corrected chi connectivity index (χ4v) is 19.5. The third kappa shape index (κ3) is 5.87. The van der Waals surface area contributed by atoms with Crippen LogP contribution < -0.4 is 31.8 Å². The van der Waals surface area contributed by atoms with Gasteiger partial charge in [-0.25, -0.2) is 0 Å². The molecular weight excluding hydrogens is 633 g/mol. The Morgan fingerprint density at radius 3 is 0.723 bits per heavy atom. The minimum absolute atomic E-state index is 0.235. The third-order valence-corrected chi connectivity index (χ3v) is 23.3. The molecular formula is C41H43O3P3. The van der Waals surface area contributed by atoms with E-state index in [0.717, 1.165) is 0 Å². The summed E-state index contributed by atoms with van der Waals surface area (Å²) in [6, 6.07) is 63.3. The van der Waals surface area contributed by atoms with Gasteiger partial charge in [0.05, 0.1) is 0 Å². The molecule has 6 heteroatoms. The van der Waals surface area contributed by atoms with Gasteiger partial charge in [0.2, 0.25) is 0 Å². The molecule has 0 bridgehead atoms. The molecule has 0 saturated carbocycles. The molecule has 0 amide bonds. The first-order chi connectivity index (χ1) is 22.7. The van der Waals surface area contributed by atoms with E-state index in [4.69, 9.17) is 9.05 Å². The van der Waals surface area contributed by atoms with Crippen molar-refractivity contribution >= 4 is 52.6 Å². The van der Waals surface area contributed by atoms with Gasteiger partial charge in [0.1, 0.15) is 0 Å². The van der Waals surface area contributed by atoms with Crippen molar-refractivity contribution in [2.45, 2.75) is 0 Å². The van der Waals surface area contributed by atoms with Gasteiger partial charge in [0.25, 0.3) is 0 Å². The van der Waals surface area contributed by atoms with E-state index < -0.39 is 20.8 Å². The molecule has 240 valence electrons. The maximum absolute atomic E-state index is 14.8. The molecule has 0 aliphatic rings. The molecule has 0 atom stereocenters. The van der Waals surface area contributed by atoms with Gasteiger partial charge in [-0.2, -0.15) is 0 Å². The van der Waals surface area contributed by atoms with Crippen molar-refractivity contribution in [3.05, 3.63) is 182 Å². The second-order valence-electron chi connectivity index (χ2n) is 12.9. The average Bonchev–Trinajstić information content (AvgIpc) is 3.15. The fraction of sp³-hybridized carbons (Fsp3) is 0.122. The summed E-state index contributed by atoms with van der Waals surface area (Å²) in [4.78, 5) is 0. The Labute approximate surface area is 280 Å². The van der Waals surface area contributed by atoms with Crippen molar-refractivity contribution < 1.29 is 13.6 Å². The van der Waals surface area contributed by atoms with E-state index in [1.54, 1.807) is 6.66 Å². The first-order valence-electron chi connectivity index (χ1n) is 15.9. The first kappa shape index (κ1) is 33.2. The van der Waals surface area contributed by atoms with Crippen LogP contribution in [0, 0.1) is 0 Å². The summed E-state index contributed by atoms with van der Waals surface area (Å²) in [5, 5.41) is 7.02. The van der Waals surface area contributed by atoms with Gasteiger partial charge in [0, 0.05) is 0 Å². The number of benzene rings is 6. The van der Waals surface area contributed by atoms with Crippen LogP contribution in [0.2, 0.25) is 0 Å². The Morgan fingerprint density at radius 1 is 0.383 bits per heavy atom. The summed E-state index contributed by atoms with van der Waals surface area (Å²) < 4.78 is 28.2. The average molecular weight is 677 g/mol. The fourth-order valence-electron chi connectivity index (χ4n) is 6.87. The Balaban J connectivity index is 1.46. The maximum atomic E-state index is 14.8. The van der Waals surface area contributed by atoms with Gasteiger partial charge in [-0.1, -0.05) is 0 Å². The zero-order chi connectivity index (χ0) is 32.9. The zero-order valence-corrected chi connectivity index (χ0v) is 30.0. The summed E-state index contributed by atoms with van der Waals surface area (Å²) >= 11 is 0. The van der Waals surface area contributed by atoms with Crippen molar-refractivity contribution in [3.63, 3.8) is 0 Å². The van der Waals surface area contributed by atoms with Crippen LogP contribution in [-0.2, 0) is 13.6 Å². The molecule has 6 rings (SSSR count). The monoisotopic (exact) mass is 676 g/mol. The molecule has 0 aliphatic carbocycles. The van der Waals surface area contributed by atoms with Crippen LogP contribution in [0.4, 0.5) is 0 Å². The van der Waals surface area contributed by atoms with E-state index in [1.165, 1.54) is 31.8 Å². The van der Waals surface area contributed by atoms with Crippen molar-refractivity contribution in [1.82, 2.24) is 0 Å². The quantitative estimate of drug-likeness (QED) is 0.123. The van der Waals surface area contributed by atoms with Crippen LogP contribution in [0.1, 0.15) is 0 Å². The van der Waals surface area contributed by atoms with E-state index >= 15 is 0 Å². The van der Waals surface area contributed by atoms with E-state index in [1.807, 2.05) is 36.4 Å². The SMILES string of the molecule is CP(=O)(OCP(C)(c1ccccc1)(c1ccccc1)c1ccccc1)OCP(C)(c1ccccc1)(c1ccccc1)c1ccccc1. The van der Waals surface area contributed by atoms with Crippen LogP contribution in [0.5, 0.6) is 0 Å². The second-order valence-corrected chi connectivity index (χ2v) is 25.8. The predicted molar refractivity (Wildman–Crippen MR) is 208 cm³/mol. The molecule has 47 heavy (non-hydrogen) atoms. The van der Waals surface area contributed by atoms with E-state index in [2.05, 4.69) is 159 Å². The Bertz CT molecular complexity index is 1610. The van der Waals surface area contributed by atoms with E-state index in [-0.39, 0.29) is 12.7 Å². The van der Waals surface area contributed by atoms with Gasteiger partial charge in [-0.05, 0) is 0 Å². The van der Waals surface area contributed by atoms with Crippen LogP contribution >= 0.6 is 20.8 Å². The normalized spacial score (nSPS) is 15.0. The molecule has 0 saturated heterocycles. The Kier molecular flexibility index (Phi) is 9.26. The van der Waals surface area contributed by atoms with Gasteiger partial charge < -0.3 is 0 Å². The molecule has 3 nitrogen and oxygen atoms in total. The van der Waals surface area contributed by atoms with Crippen LogP contribution in [-0.4, -0.2) is 32.7 Å². The van der Waals surface area contributed by atoms with Gasteiger partial charge in [-0.3, -0.25) is 0 Å². The summed E-state index contributed by atoms with van der Waals surface area (Å²) in [7, 11) is -3.63. The summed E-state index contributed by atoms with van der Waals surface area (Å²) in [6.45, 7) is -0.334. The second kappa shape index (κ2) is 13.1. The molecule has 6 aromatic rings. The molecule has 0 aliphatic heterocycles. The summed E-state index contributed by atoms with van der Waals surface area (Å²) in [5.74, 6) is 0. The number of hydrogen-bond acceptors (Lipinski definition) is 3. The van der Waals surface area contributed by atoms with Crippen molar-refractivity contribution in [3.8, 4) is 0 Å². The van der Waals surface area contributed by atoms with E-state index in [0.29, 0.717) is 0 Å². The Morgan fingerprint density at radius 2 is 0.553 bits per heavy atom. The molecule has 0 unspecified atom stereocenters. The van der Waals surface area contributed by atoms with Crippen LogP contribution in [0.3, 0.4) is 0 Å². The van der Waals surface area contributed by atoms with Crippen LogP contribution in [0.25, 0.3) is 0 Å². The minimum atomic E-state index is -3.63.